The fourth-order valence-corrected chi connectivity index (χ4v) is 2.20. The highest BCUT2D eigenvalue weighted by molar-refractivity contribution is 5.39. The first kappa shape index (κ1) is 12.2. The van der Waals surface area contributed by atoms with Crippen molar-refractivity contribution in [2.24, 2.45) is 0 Å². The van der Waals surface area contributed by atoms with Crippen molar-refractivity contribution in [1.29, 1.82) is 0 Å². The Labute approximate surface area is 104 Å². The van der Waals surface area contributed by atoms with Gasteiger partial charge >= 0.3 is 0 Å². The number of nitrogen functional groups attached to an aromatic ring is 1. The zero-order valence-electron chi connectivity index (χ0n) is 10.4. The van der Waals surface area contributed by atoms with Crippen molar-refractivity contribution in [2.75, 3.05) is 18.8 Å². The van der Waals surface area contributed by atoms with Crippen LogP contribution in [0.3, 0.4) is 0 Å². The largest absolute Gasteiger partial charge is 0.399 e. The van der Waals surface area contributed by atoms with Gasteiger partial charge in [-0.2, -0.15) is 0 Å². The van der Waals surface area contributed by atoms with Crippen LogP contribution in [0, 0.1) is 0 Å². The maximum Gasteiger partial charge on any atom is 0.0314 e. The van der Waals surface area contributed by atoms with E-state index in [9.17, 15) is 0 Å². The molecule has 1 fully saturated rings. The van der Waals surface area contributed by atoms with Crippen LogP contribution in [0.4, 0.5) is 5.69 Å². The Bertz CT molecular complexity index is 352. The molecule has 0 bridgehead atoms. The third kappa shape index (κ3) is 3.90. The topological polar surface area (TPSA) is 29.3 Å². The lowest BCUT2D eigenvalue weighted by Gasteiger charge is -2.19. The Morgan fingerprint density at radius 3 is 2.59 bits per heavy atom. The number of nitrogens with two attached hydrogens (primary N) is 1. The summed E-state index contributed by atoms with van der Waals surface area (Å²) >= 11 is 0. The second kappa shape index (κ2) is 5.87. The fraction of sp³-hybridized carbons (Fsp3) is 0.467. The van der Waals surface area contributed by atoms with E-state index in [0.29, 0.717) is 0 Å². The van der Waals surface area contributed by atoms with E-state index in [0.717, 1.165) is 24.7 Å². The van der Waals surface area contributed by atoms with Crippen molar-refractivity contribution in [1.82, 2.24) is 4.90 Å². The molecule has 0 aromatic heterocycles. The Kier molecular flexibility index (Phi) is 4.21. The van der Waals surface area contributed by atoms with Gasteiger partial charge in [0.1, 0.15) is 0 Å². The molecule has 92 valence electrons. The maximum absolute atomic E-state index is 5.67. The number of benzene rings is 1. The minimum atomic E-state index is 0.833. The number of hydrogen-bond donors (Lipinski definition) is 1. The number of anilines is 1. The molecule has 17 heavy (non-hydrogen) atoms. The SMILES string of the molecule is C=CCN(CCCc1ccc(N)cc1)C1CC1. The zero-order chi connectivity index (χ0) is 12.1. The molecule has 0 saturated heterocycles. The van der Waals surface area contributed by atoms with Crippen molar-refractivity contribution in [2.45, 2.75) is 31.7 Å². The minimum absolute atomic E-state index is 0.833. The van der Waals surface area contributed by atoms with Gasteiger partial charge in [0.15, 0.2) is 0 Å². The van der Waals surface area contributed by atoms with Crippen LogP contribution in [0.1, 0.15) is 24.8 Å². The van der Waals surface area contributed by atoms with E-state index in [2.05, 4.69) is 23.6 Å². The molecule has 0 heterocycles. The number of rotatable bonds is 7. The van der Waals surface area contributed by atoms with E-state index in [1.807, 2.05) is 18.2 Å². The number of aryl methyl sites for hydroxylation is 1. The number of nitrogens with zero attached hydrogens (tertiary/aromatic N) is 1. The Hall–Kier alpha value is -1.28. The summed E-state index contributed by atoms with van der Waals surface area (Å²) in [5.74, 6) is 0. The highest BCUT2D eigenvalue weighted by Crippen LogP contribution is 2.26. The van der Waals surface area contributed by atoms with Crippen molar-refractivity contribution >= 4 is 5.69 Å². The molecule has 1 aromatic rings. The Morgan fingerprint density at radius 1 is 1.29 bits per heavy atom. The van der Waals surface area contributed by atoms with E-state index in [1.54, 1.807) is 0 Å². The molecule has 0 aliphatic heterocycles. The third-order valence-electron chi connectivity index (χ3n) is 3.32. The van der Waals surface area contributed by atoms with E-state index in [-0.39, 0.29) is 0 Å². The lowest BCUT2D eigenvalue weighted by Crippen LogP contribution is -2.27. The molecule has 0 atom stereocenters. The van der Waals surface area contributed by atoms with Crippen LogP contribution < -0.4 is 5.73 Å². The van der Waals surface area contributed by atoms with Gasteiger partial charge in [-0.05, 0) is 49.9 Å². The summed E-state index contributed by atoms with van der Waals surface area (Å²) < 4.78 is 0. The minimum Gasteiger partial charge on any atom is -0.399 e. The van der Waals surface area contributed by atoms with Gasteiger partial charge in [0.2, 0.25) is 0 Å². The lowest BCUT2D eigenvalue weighted by atomic mass is 10.1. The van der Waals surface area contributed by atoms with Gasteiger partial charge in [-0.15, -0.1) is 6.58 Å². The van der Waals surface area contributed by atoms with Crippen molar-refractivity contribution in [3.05, 3.63) is 42.5 Å². The monoisotopic (exact) mass is 230 g/mol. The van der Waals surface area contributed by atoms with Gasteiger partial charge in [-0.3, -0.25) is 4.90 Å². The average Bonchev–Trinajstić information content (AvgIpc) is 3.15. The van der Waals surface area contributed by atoms with Crippen LogP contribution in [-0.2, 0) is 6.42 Å². The molecule has 1 aliphatic rings. The van der Waals surface area contributed by atoms with Gasteiger partial charge in [-0.25, -0.2) is 0 Å². The first-order valence-corrected chi connectivity index (χ1v) is 6.49. The van der Waals surface area contributed by atoms with E-state index >= 15 is 0 Å². The maximum atomic E-state index is 5.67. The van der Waals surface area contributed by atoms with Crippen molar-refractivity contribution in [3.8, 4) is 0 Å². The first-order chi connectivity index (χ1) is 8.29. The van der Waals surface area contributed by atoms with Crippen LogP contribution >= 0.6 is 0 Å². The standard InChI is InChI=1S/C15H22N2/c1-2-11-17(15-9-10-15)12-3-4-13-5-7-14(16)8-6-13/h2,5-8,15H,1,3-4,9-12,16H2. The predicted molar refractivity (Wildman–Crippen MR) is 74.0 cm³/mol. The molecule has 0 amide bonds. The van der Waals surface area contributed by atoms with Gasteiger partial charge in [0.25, 0.3) is 0 Å². The number of hydrogen-bond acceptors (Lipinski definition) is 2. The van der Waals surface area contributed by atoms with Crippen LogP contribution in [0.15, 0.2) is 36.9 Å². The van der Waals surface area contributed by atoms with Crippen molar-refractivity contribution < 1.29 is 0 Å². The molecule has 1 aromatic carbocycles. The van der Waals surface area contributed by atoms with E-state index in [4.69, 9.17) is 5.73 Å². The third-order valence-corrected chi connectivity index (χ3v) is 3.32. The Balaban J connectivity index is 1.74. The molecule has 2 nitrogen and oxygen atoms in total. The van der Waals surface area contributed by atoms with Crippen molar-refractivity contribution in [3.63, 3.8) is 0 Å². The molecule has 1 aliphatic carbocycles. The summed E-state index contributed by atoms with van der Waals surface area (Å²) in [6, 6.07) is 9.06. The Morgan fingerprint density at radius 2 is 2.00 bits per heavy atom. The van der Waals surface area contributed by atoms with Gasteiger partial charge in [-0.1, -0.05) is 18.2 Å². The summed E-state index contributed by atoms with van der Waals surface area (Å²) in [7, 11) is 0. The lowest BCUT2D eigenvalue weighted by molar-refractivity contribution is 0.288. The molecular formula is C15H22N2. The predicted octanol–water partition coefficient (Wildman–Crippen LogP) is 2.85. The van der Waals surface area contributed by atoms with Gasteiger partial charge < -0.3 is 5.73 Å². The zero-order valence-corrected chi connectivity index (χ0v) is 10.4. The summed E-state index contributed by atoms with van der Waals surface area (Å²) in [4.78, 5) is 2.55. The van der Waals surface area contributed by atoms with Crippen LogP contribution in [0.5, 0.6) is 0 Å². The van der Waals surface area contributed by atoms with Crippen LogP contribution in [0.2, 0.25) is 0 Å². The summed E-state index contributed by atoms with van der Waals surface area (Å²) in [6.45, 7) is 6.05. The average molecular weight is 230 g/mol. The highest BCUT2D eigenvalue weighted by atomic mass is 15.2. The normalized spacial score (nSPS) is 15.1. The highest BCUT2D eigenvalue weighted by Gasteiger charge is 2.27. The van der Waals surface area contributed by atoms with Gasteiger partial charge in [0, 0.05) is 18.3 Å². The molecule has 0 unspecified atom stereocenters. The molecule has 2 rings (SSSR count). The molecule has 2 heteroatoms. The van der Waals surface area contributed by atoms with Crippen LogP contribution in [-0.4, -0.2) is 24.0 Å². The van der Waals surface area contributed by atoms with Gasteiger partial charge in [0.05, 0.1) is 0 Å². The molecule has 0 spiro atoms. The smallest absolute Gasteiger partial charge is 0.0314 e. The summed E-state index contributed by atoms with van der Waals surface area (Å²) in [5.41, 5.74) is 7.90. The molecule has 1 saturated carbocycles. The second-order valence-corrected chi connectivity index (χ2v) is 4.86. The van der Waals surface area contributed by atoms with E-state index in [1.165, 1.54) is 31.4 Å². The first-order valence-electron chi connectivity index (χ1n) is 6.49. The molecular weight excluding hydrogens is 208 g/mol. The van der Waals surface area contributed by atoms with Crippen LogP contribution in [0.25, 0.3) is 0 Å². The quantitative estimate of drug-likeness (QED) is 0.576. The fourth-order valence-electron chi connectivity index (χ4n) is 2.20. The van der Waals surface area contributed by atoms with E-state index < -0.39 is 0 Å². The molecule has 0 radical (unpaired) electrons. The molecule has 2 N–H and O–H groups in total. The summed E-state index contributed by atoms with van der Waals surface area (Å²) in [6.07, 6.45) is 7.11. The second-order valence-electron chi connectivity index (χ2n) is 4.86. The summed E-state index contributed by atoms with van der Waals surface area (Å²) in [5, 5.41) is 0.